The fraction of sp³-hybridized carbons (Fsp3) is 0.550. The molecule has 1 aliphatic carbocycles. The van der Waals surface area contributed by atoms with Gasteiger partial charge in [-0.3, -0.25) is 0 Å². The van der Waals surface area contributed by atoms with Gasteiger partial charge in [0.15, 0.2) is 0 Å². The van der Waals surface area contributed by atoms with Crippen LogP contribution in [0.2, 0.25) is 0 Å². The van der Waals surface area contributed by atoms with Gasteiger partial charge >= 0.3 is 17.9 Å². The summed E-state index contributed by atoms with van der Waals surface area (Å²) in [7, 11) is 5.18. The summed E-state index contributed by atoms with van der Waals surface area (Å²) in [5.74, 6) is -0.913. The van der Waals surface area contributed by atoms with Gasteiger partial charge in [-0.15, -0.1) is 0 Å². The van der Waals surface area contributed by atoms with Crippen molar-refractivity contribution in [2.75, 3.05) is 34.4 Å². The molecule has 7 heteroatoms. The molecule has 0 spiro atoms. The van der Waals surface area contributed by atoms with Crippen molar-refractivity contribution in [3.05, 3.63) is 36.5 Å². The second-order valence-electron chi connectivity index (χ2n) is 6.38. The Hall–Kier alpha value is -2.41. The first-order valence-electron chi connectivity index (χ1n) is 8.50. The molecule has 0 aromatic carbocycles. The van der Waals surface area contributed by atoms with Crippen LogP contribution in [0, 0.1) is 0 Å². The van der Waals surface area contributed by atoms with E-state index in [1.54, 1.807) is 20.8 Å². The third-order valence-electron chi connectivity index (χ3n) is 2.80. The Kier molecular flexibility index (Phi) is 14.6. The van der Waals surface area contributed by atoms with Crippen LogP contribution in [-0.4, -0.2) is 63.3 Å². The number of esters is 3. The summed E-state index contributed by atoms with van der Waals surface area (Å²) in [5.41, 5.74) is 1.37. The van der Waals surface area contributed by atoms with E-state index < -0.39 is 0 Å². The lowest BCUT2D eigenvalue weighted by atomic mass is 10.4. The number of rotatable bonds is 7. The molecule has 1 rings (SSSR count). The van der Waals surface area contributed by atoms with Crippen molar-refractivity contribution in [1.29, 1.82) is 0 Å². The quantitative estimate of drug-likeness (QED) is 0.380. The zero-order chi connectivity index (χ0) is 21.6. The molecule has 1 aliphatic rings. The number of carbonyl (C=O) groups excluding carboxylic acids is 3. The molecule has 0 aromatic rings. The zero-order valence-electron chi connectivity index (χ0n) is 17.4. The topological polar surface area (TPSA) is 82.1 Å². The van der Waals surface area contributed by atoms with E-state index in [0.717, 1.165) is 19.4 Å². The fourth-order valence-electron chi connectivity index (χ4n) is 1.06. The number of nitrogens with zero attached hydrogens (tertiary/aromatic N) is 1. The van der Waals surface area contributed by atoms with Crippen molar-refractivity contribution in [2.45, 2.75) is 39.7 Å². The van der Waals surface area contributed by atoms with E-state index in [1.165, 1.54) is 7.11 Å². The Morgan fingerprint density at radius 3 is 1.59 bits per heavy atom. The van der Waals surface area contributed by atoms with E-state index >= 15 is 0 Å². The van der Waals surface area contributed by atoms with Crippen LogP contribution in [0.5, 0.6) is 0 Å². The molecule has 0 heterocycles. The van der Waals surface area contributed by atoms with Crippen LogP contribution in [0.25, 0.3) is 0 Å². The van der Waals surface area contributed by atoms with Crippen LogP contribution in [0.3, 0.4) is 0 Å². The molecule has 7 nitrogen and oxygen atoms in total. The van der Waals surface area contributed by atoms with Crippen molar-refractivity contribution in [3.8, 4) is 0 Å². The second-order valence-corrected chi connectivity index (χ2v) is 6.38. The van der Waals surface area contributed by atoms with Gasteiger partial charge in [0.2, 0.25) is 0 Å². The lowest BCUT2D eigenvalue weighted by molar-refractivity contribution is -0.140. The Balaban J connectivity index is 0. The number of likely N-dealkylation sites (N-methyl/N-ethyl adjacent to an activating group) is 1. The van der Waals surface area contributed by atoms with Gasteiger partial charge in [-0.2, -0.15) is 0 Å². The molecule has 0 N–H and O–H groups in total. The minimum Gasteiger partial charge on any atom is -0.466 e. The van der Waals surface area contributed by atoms with E-state index in [4.69, 9.17) is 9.47 Å². The van der Waals surface area contributed by atoms with E-state index in [2.05, 4.69) is 24.5 Å². The molecule has 0 unspecified atom stereocenters. The fourth-order valence-corrected chi connectivity index (χ4v) is 1.06. The predicted octanol–water partition coefficient (Wildman–Crippen LogP) is 2.67. The highest BCUT2D eigenvalue weighted by Gasteiger charge is 2.25. The summed E-state index contributed by atoms with van der Waals surface area (Å²) in [6.07, 6.45) is 2.26. The first-order valence-corrected chi connectivity index (χ1v) is 8.50. The second kappa shape index (κ2) is 14.7. The largest absolute Gasteiger partial charge is 0.466 e. The van der Waals surface area contributed by atoms with Crippen molar-refractivity contribution >= 4 is 17.9 Å². The Morgan fingerprint density at radius 1 is 0.889 bits per heavy atom. The Morgan fingerprint density at radius 2 is 1.33 bits per heavy atom. The molecular weight excluding hydrogens is 350 g/mol. The van der Waals surface area contributed by atoms with Crippen molar-refractivity contribution in [3.63, 3.8) is 0 Å². The highest BCUT2D eigenvalue weighted by Crippen LogP contribution is 2.24. The monoisotopic (exact) mass is 383 g/mol. The number of methoxy groups -OCH3 is 1. The summed E-state index contributed by atoms with van der Waals surface area (Å²) in [4.78, 5) is 33.6. The van der Waals surface area contributed by atoms with E-state index in [0.29, 0.717) is 23.3 Å². The average molecular weight is 383 g/mol. The van der Waals surface area contributed by atoms with Gasteiger partial charge in [0.25, 0.3) is 0 Å². The van der Waals surface area contributed by atoms with E-state index in [-0.39, 0.29) is 24.0 Å². The Labute approximate surface area is 162 Å². The molecule has 0 saturated heterocycles. The molecule has 0 bridgehead atoms. The predicted molar refractivity (Wildman–Crippen MR) is 105 cm³/mol. The van der Waals surface area contributed by atoms with Crippen LogP contribution in [0.1, 0.15) is 33.6 Å². The average Bonchev–Trinajstić information content (AvgIpc) is 3.38. The lowest BCUT2D eigenvalue weighted by Crippen LogP contribution is -2.20. The van der Waals surface area contributed by atoms with Gasteiger partial charge in [0.05, 0.1) is 7.11 Å². The minimum atomic E-state index is -0.347. The van der Waals surface area contributed by atoms with Gasteiger partial charge in [-0.25, -0.2) is 14.4 Å². The van der Waals surface area contributed by atoms with Gasteiger partial charge in [-0.1, -0.05) is 19.7 Å². The first-order chi connectivity index (χ1) is 12.4. The third-order valence-corrected chi connectivity index (χ3v) is 2.80. The van der Waals surface area contributed by atoms with Crippen LogP contribution in [-0.2, 0) is 28.6 Å². The van der Waals surface area contributed by atoms with Gasteiger partial charge in [0, 0.05) is 23.3 Å². The SMILES string of the molecule is C=C(C)C(=O)OC.C=C(C)C(=O)OC1CC1.C=C(C)C(=O)OCCN(C)C. The summed E-state index contributed by atoms with van der Waals surface area (Å²) >= 11 is 0. The summed E-state index contributed by atoms with van der Waals surface area (Å²) in [6.45, 7) is 16.4. The molecule has 0 aliphatic heterocycles. The van der Waals surface area contributed by atoms with Gasteiger partial charge < -0.3 is 19.1 Å². The molecule has 1 saturated carbocycles. The highest BCUT2D eigenvalue weighted by molar-refractivity contribution is 5.87. The molecule has 0 aromatic heterocycles. The Bertz CT molecular complexity index is 547. The summed E-state index contributed by atoms with van der Waals surface area (Å²) in [5, 5.41) is 0. The minimum absolute atomic E-state index is 0.203. The maximum absolute atomic E-state index is 10.8. The van der Waals surface area contributed by atoms with Gasteiger partial charge in [-0.05, 0) is 47.7 Å². The summed E-state index contributed by atoms with van der Waals surface area (Å²) in [6, 6.07) is 0. The van der Waals surface area contributed by atoms with E-state index in [9.17, 15) is 14.4 Å². The molecule has 0 amide bonds. The number of hydrogen-bond donors (Lipinski definition) is 0. The van der Waals surface area contributed by atoms with E-state index in [1.807, 2.05) is 19.0 Å². The van der Waals surface area contributed by atoms with Crippen molar-refractivity contribution in [2.24, 2.45) is 0 Å². The third kappa shape index (κ3) is 18.2. The molecular formula is C20H33NO6. The molecule has 0 atom stereocenters. The highest BCUT2D eigenvalue weighted by atomic mass is 16.5. The standard InChI is InChI=1S/C8H15NO2.C7H10O2.C5H8O2/c1-7(2)8(10)11-6-5-9(3)4;1-5(2)7(8)9-6-3-4-6;1-4(2)5(6)7-3/h1,5-6H2,2-4H3;6H,1,3-4H2,2H3;1H2,2-3H3. The number of ether oxygens (including phenoxy) is 3. The first kappa shape index (κ1) is 26.8. The molecule has 1 fully saturated rings. The lowest BCUT2D eigenvalue weighted by Gasteiger charge is -2.09. The zero-order valence-corrected chi connectivity index (χ0v) is 17.4. The van der Waals surface area contributed by atoms with Crippen LogP contribution >= 0.6 is 0 Å². The summed E-state index contributed by atoms with van der Waals surface area (Å²) < 4.78 is 14.0. The normalized spacial score (nSPS) is 11.7. The van der Waals surface area contributed by atoms with Crippen molar-refractivity contribution in [1.82, 2.24) is 4.90 Å². The maximum Gasteiger partial charge on any atom is 0.333 e. The van der Waals surface area contributed by atoms with Crippen molar-refractivity contribution < 1.29 is 28.6 Å². The maximum atomic E-state index is 10.8. The number of carbonyl (C=O) groups is 3. The molecule has 27 heavy (non-hydrogen) atoms. The molecule has 0 radical (unpaired) electrons. The van der Waals surface area contributed by atoms with Crippen LogP contribution < -0.4 is 0 Å². The van der Waals surface area contributed by atoms with Crippen LogP contribution in [0.4, 0.5) is 0 Å². The number of hydrogen-bond acceptors (Lipinski definition) is 7. The van der Waals surface area contributed by atoms with Gasteiger partial charge in [0.1, 0.15) is 12.7 Å². The smallest absolute Gasteiger partial charge is 0.333 e. The molecule has 154 valence electrons. The van der Waals surface area contributed by atoms with Crippen LogP contribution in [0.15, 0.2) is 36.5 Å².